The third kappa shape index (κ3) is 6.59. The number of carbonyl (C=O) groups is 3. The van der Waals surface area contributed by atoms with Crippen LogP contribution in [0.15, 0.2) is 60.7 Å². The van der Waals surface area contributed by atoms with E-state index in [4.69, 9.17) is 9.47 Å². The zero-order valence-electron chi connectivity index (χ0n) is 17.4. The summed E-state index contributed by atoms with van der Waals surface area (Å²) in [5.41, 5.74) is 0.971. The lowest BCUT2D eigenvalue weighted by Crippen LogP contribution is -2.21. The molecule has 0 atom stereocenters. The van der Waals surface area contributed by atoms with Gasteiger partial charge in [0.2, 0.25) is 0 Å². The second-order valence-electron chi connectivity index (χ2n) is 6.47. The van der Waals surface area contributed by atoms with Crippen molar-refractivity contribution in [3.05, 3.63) is 71.8 Å². The third-order valence-electron chi connectivity index (χ3n) is 4.17. The van der Waals surface area contributed by atoms with Crippen LogP contribution in [0.1, 0.15) is 27.6 Å². The number of hydrogen-bond donors (Lipinski definition) is 1. The minimum Gasteiger partial charge on any atom is -0.462 e. The van der Waals surface area contributed by atoms with Gasteiger partial charge in [0.05, 0.1) is 17.7 Å². The van der Waals surface area contributed by atoms with Crippen molar-refractivity contribution in [1.82, 2.24) is 0 Å². The Bertz CT molecular complexity index is 1130. The van der Waals surface area contributed by atoms with Crippen LogP contribution >= 0.6 is 11.3 Å². The van der Waals surface area contributed by atoms with Crippen molar-refractivity contribution in [1.29, 1.82) is 0 Å². The number of carbonyl (C=O) groups excluding carboxylic acids is 3. The van der Waals surface area contributed by atoms with Gasteiger partial charge in [-0.1, -0.05) is 36.4 Å². The summed E-state index contributed by atoms with van der Waals surface area (Å²) < 4.78 is 38.9. The van der Waals surface area contributed by atoms with E-state index in [0.717, 1.165) is 16.5 Å². The quantitative estimate of drug-likeness (QED) is 0.439. The number of rotatable bonds is 9. The van der Waals surface area contributed by atoms with E-state index in [9.17, 15) is 23.2 Å². The molecule has 0 saturated carbocycles. The van der Waals surface area contributed by atoms with Crippen LogP contribution in [0.3, 0.4) is 0 Å². The summed E-state index contributed by atoms with van der Waals surface area (Å²) in [6.45, 7) is -1.86. The SMILES string of the molecule is CCOC(=O)c1cc(-c2ccccc2)sc1NC(=O)COC(=O)c1cccc(OC(F)F)c1. The minimum absolute atomic E-state index is 0.0596. The number of esters is 2. The van der Waals surface area contributed by atoms with Crippen LogP contribution in [-0.4, -0.2) is 37.7 Å². The van der Waals surface area contributed by atoms with Crippen molar-refractivity contribution in [3.8, 4) is 16.2 Å². The fourth-order valence-corrected chi connectivity index (χ4v) is 3.83. The molecule has 1 aromatic heterocycles. The molecule has 0 fully saturated rings. The molecule has 172 valence electrons. The van der Waals surface area contributed by atoms with Crippen molar-refractivity contribution in [2.75, 3.05) is 18.5 Å². The van der Waals surface area contributed by atoms with Crippen molar-refractivity contribution in [2.45, 2.75) is 13.5 Å². The molecule has 2 aromatic carbocycles. The Balaban J connectivity index is 1.69. The predicted molar refractivity (Wildman–Crippen MR) is 118 cm³/mol. The Labute approximate surface area is 191 Å². The van der Waals surface area contributed by atoms with Crippen LogP contribution in [-0.2, 0) is 14.3 Å². The average molecular weight is 475 g/mol. The highest BCUT2D eigenvalue weighted by Gasteiger charge is 2.20. The van der Waals surface area contributed by atoms with Gasteiger partial charge in [0.15, 0.2) is 6.61 Å². The lowest BCUT2D eigenvalue weighted by atomic mass is 10.1. The van der Waals surface area contributed by atoms with Crippen LogP contribution in [0, 0.1) is 0 Å². The van der Waals surface area contributed by atoms with Crippen LogP contribution in [0.4, 0.5) is 13.8 Å². The van der Waals surface area contributed by atoms with Gasteiger partial charge in [-0.05, 0) is 36.8 Å². The summed E-state index contributed by atoms with van der Waals surface area (Å²) in [5.74, 6) is -2.39. The average Bonchev–Trinajstić information content (AvgIpc) is 3.22. The number of amides is 1. The number of benzene rings is 2. The molecule has 0 aliphatic heterocycles. The molecular formula is C23H19F2NO6S. The molecule has 0 radical (unpaired) electrons. The van der Waals surface area contributed by atoms with Gasteiger partial charge >= 0.3 is 18.6 Å². The van der Waals surface area contributed by atoms with Gasteiger partial charge < -0.3 is 19.5 Å². The van der Waals surface area contributed by atoms with Crippen LogP contribution in [0.25, 0.3) is 10.4 Å². The fraction of sp³-hybridized carbons (Fsp3) is 0.174. The maximum atomic E-state index is 12.4. The van der Waals surface area contributed by atoms with Gasteiger partial charge in [0, 0.05) is 4.88 Å². The van der Waals surface area contributed by atoms with Crippen molar-refractivity contribution < 1.29 is 37.4 Å². The molecule has 0 bridgehead atoms. The number of alkyl halides is 2. The summed E-state index contributed by atoms with van der Waals surface area (Å²) in [7, 11) is 0. The van der Waals surface area contributed by atoms with E-state index < -0.39 is 31.1 Å². The number of halogens is 2. The summed E-state index contributed by atoms with van der Waals surface area (Å²) in [6, 6.07) is 15.9. The molecule has 1 N–H and O–H groups in total. The molecule has 1 amide bonds. The standard InChI is InChI=1S/C23H19F2NO6S/c1-2-30-22(29)17-12-18(14-7-4-3-5-8-14)33-20(17)26-19(27)13-31-21(28)15-9-6-10-16(11-15)32-23(24)25/h3-12,23H,2,13H2,1H3,(H,26,27). The van der Waals surface area contributed by atoms with E-state index in [-0.39, 0.29) is 28.5 Å². The van der Waals surface area contributed by atoms with Gasteiger partial charge in [-0.25, -0.2) is 9.59 Å². The van der Waals surface area contributed by atoms with E-state index in [1.165, 1.54) is 29.5 Å². The molecule has 0 unspecified atom stereocenters. The zero-order chi connectivity index (χ0) is 23.8. The highest BCUT2D eigenvalue weighted by Crippen LogP contribution is 2.36. The largest absolute Gasteiger partial charge is 0.462 e. The lowest BCUT2D eigenvalue weighted by molar-refractivity contribution is -0.119. The number of nitrogens with one attached hydrogen (secondary N) is 1. The minimum atomic E-state index is -3.04. The van der Waals surface area contributed by atoms with E-state index in [1.54, 1.807) is 13.0 Å². The first-order valence-electron chi connectivity index (χ1n) is 9.75. The van der Waals surface area contributed by atoms with Gasteiger partial charge in [-0.15, -0.1) is 11.3 Å². The number of thiophene rings is 1. The summed E-state index contributed by atoms with van der Waals surface area (Å²) in [5, 5.41) is 2.81. The normalized spacial score (nSPS) is 10.5. The van der Waals surface area contributed by atoms with E-state index >= 15 is 0 Å². The van der Waals surface area contributed by atoms with E-state index in [1.807, 2.05) is 30.3 Å². The first-order valence-corrected chi connectivity index (χ1v) is 10.6. The summed E-state index contributed by atoms with van der Waals surface area (Å²) in [4.78, 5) is 37.6. The van der Waals surface area contributed by atoms with Crippen molar-refractivity contribution in [3.63, 3.8) is 0 Å². The lowest BCUT2D eigenvalue weighted by Gasteiger charge is -2.08. The fourth-order valence-electron chi connectivity index (χ4n) is 2.77. The smallest absolute Gasteiger partial charge is 0.387 e. The molecule has 10 heteroatoms. The monoisotopic (exact) mass is 475 g/mol. The Morgan fingerprint density at radius 3 is 2.42 bits per heavy atom. The second-order valence-corrected chi connectivity index (χ2v) is 7.52. The van der Waals surface area contributed by atoms with Gasteiger partial charge in [-0.2, -0.15) is 8.78 Å². The number of hydrogen-bond acceptors (Lipinski definition) is 7. The highest BCUT2D eigenvalue weighted by molar-refractivity contribution is 7.20. The molecule has 0 aliphatic rings. The topological polar surface area (TPSA) is 90.9 Å². The molecule has 3 rings (SSSR count). The maximum Gasteiger partial charge on any atom is 0.387 e. The number of anilines is 1. The first-order chi connectivity index (χ1) is 15.9. The Morgan fingerprint density at radius 2 is 1.73 bits per heavy atom. The molecule has 0 aliphatic carbocycles. The molecule has 33 heavy (non-hydrogen) atoms. The van der Waals surface area contributed by atoms with Gasteiger partial charge in [0.1, 0.15) is 10.8 Å². The molecule has 0 saturated heterocycles. The Morgan fingerprint density at radius 1 is 0.970 bits per heavy atom. The molecule has 3 aromatic rings. The van der Waals surface area contributed by atoms with Crippen LogP contribution in [0.2, 0.25) is 0 Å². The third-order valence-corrected chi connectivity index (χ3v) is 5.27. The molecule has 0 spiro atoms. The summed E-state index contributed by atoms with van der Waals surface area (Å²) >= 11 is 1.17. The van der Waals surface area contributed by atoms with Crippen molar-refractivity contribution >= 4 is 34.2 Å². The van der Waals surface area contributed by atoms with Crippen molar-refractivity contribution in [2.24, 2.45) is 0 Å². The van der Waals surface area contributed by atoms with E-state index in [0.29, 0.717) is 0 Å². The predicted octanol–water partition coefficient (Wildman–Crippen LogP) is 4.99. The molecule has 1 heterocycles. The highest BCUT2D eigenvalue weighted by atomic mass is 32.1. The first kappa shape index (κ1) is 23.9. The summed E-state index contributed by atoms with van der Waals surface area (Å²) in [6.07, 6.45) is 0. The van der Waals surface area contributed by atoms with Crippen LogP contribution in [0.5, 0.6) is 5.75 Å². The van der Waals surface area contributed by atoms with Crippen LogP contribution < -0.4 is 10.1 Å². The molecular weight excluding hydrogens is 456 g/mol. The number of ether oxygens (including phenoxy) is 3. The second kappa shape index (κ2) is 11.2. The van der Waals surface area contributed by atoms with E-state index in [2.05, 4.69) is 10.1 Å². The maximum absolute atomic E-state index is 12.4. The Hall–Kier alpha value is -3.79. The molecule has 7 nitrogen and oxygen atoms in total. The Kier molecular flexibility index (Phi) is 8.09. The zero-order valence-corrected chi connectivity index (χ0v) is 18.2. The van der Waals surface area contributed by atoms with Gasteiger partial charge in [-0.3, -0.25) is 4.79 Å². The van der Waals surface area contributed by atoms with Gasteiger partial charge in [0.25, 0.3) is 5.91 Å².